The van der Waals surface area contributed by atoms with Crippen LogP contribution < -0.4 is 19.6 Å². The van der Waals surface area contributed by atoms with E-state index in [2.05, 4.69) is 63.5 Å². The molecule has 6 saturated carbocycles. The quantitative estimate of drug-likeness (QED) is 0.109. The minimum absolute atomic E-state index is 0.382. The van der Waals surface area contributed by atoms with Crippen LogP contribution >= 0.6 is 46.4 Å². The third-order valence-corrected chi connectivity index (χ3v) is 32.1. The van der Waals surface area contributed by atoms with E-state index >= 15 is 0 Å². The molecule has 4 saturated heterocycles. The minimum atomic E-state index is -3.25. The Bertz CT molecular complexity index is 4170. The number of benzene rings is 4. The lowest BCUT2D eigenvalue weighted by Gasteiger charge is -2.44. The van der Waals surface area contributed by atoms with Gasteiger partial charge in [-0.05, 0) is 228 Å². The summed E-state index contributed by atoms with van der Waals surface area (Å²) in [6.45, 7) is 25.0. The van der Waals surface area contributed by atoms with Gasteiger partial charge in [-0.3, -0.25) is 19.6 Å². The summed E-state index contributed by atoms with van der Waals surface area (Å²) in [5.74, 6) is 8.69. The van der Waals surface area contributed by atoms with E-state index in [0.29, 0.717) is 50.8 Å². The monoisotopic (exact) mass is 1580 g/mol. The SMILES string of the molecule is Cc1cc(Cl)c(N2CCN(C3CC4CCC(C4)C3)CC2)cc1S(C)(=O)=O.Cc1cc(Cl)c(N2CCN(C3CCC4CCC3C4)CC2)cc1S(C)(=O)=O.Cc1cc(Cl)c(N2CCN(C[C@@H]3C[C@@H]4C=C[C@H]3C4)CC2)cc1S(C)(=O)=O.Cc1cc(Cl)c(N2CCN(C[C@H]3C[C@H]4C=C[C@@H]3C4)CC2)cc1S(C)(=O)=O. The molecule has 0 N–H and O–H groups in total. The molecule has 11 atom stereocenters. The van der Waals surface area contributed by atoms with Crippen molar-refractivity contribution in [1.82, 2.24) is 19.6 Å². The third-order valence-electron chi connectivity index (χ3n) is 26.0. The summed E-state index contributed by atoms with van der Waals surface area (Å²) in [4.78, 5) is 21.0. The van der Waals surface area contributed by atoms with Crippen molar-refractivity contribution in [2.24, 2.45) is 59.2 Å². The summed E-state index contributed by atoms with van der Waals surface area (Å²) in [5.41, 5.74) is 6.28. The standard InChI is InChI=1S/C20H29ClN2O2S.2C20H27ClN2O2S.C20H29ClN2O2S/c1-14-11-17(21)19(13-20(14)26(2,24)25)23-9-7-22(8-10-23)18-6-4-15-3-5-16(18)12-15;2*1-14-9-18(21)19(12-20(14)26(2,24)25)23-7-5-22(6-8-23)13-17-11-15-3-4-16(17)10-15;1-14-9-18(21)19(13-20(14)26(2,24)25)23-7-5-22(6-8-23)17-11-15-3-4-16(10-15)12-17/h11,13,15-16,18H,3-10,12H2,1-2H3;2*3-4,9,12,15-17H,5-8,10-11,13H2,1-2H3;9,13,15-17H,3-8,10-12H2,1-2H3/t;2*15-,16+,17+;/m.10./s1. The highest BCUT2D eigenvalue weighted by Crippen LogP contribution is 2.48. The van der Waals surface area contributed by atoms with Gasteiger partial charge in [0.25, 0.3) is 0 Å². The van der Waals surface area contributed by atoms with Crippen molar-refractivity contribution in [3.63, 3.8) is 0 Å². The second kappa shape index (κ2) is 32.4. The van der Waals surface area contributed by atoms with Crippen LogP contribution in [-0.2, 0) is 39.3 Å². The number of piperazine rings is 4. The predicted octanol–water partition coefficient (Wildman–Crippen LogP) is 14.3. The lowest BCUT2D eigenvalue weighted by atomic mass is 9.84. The second-order valence-electron chi connectivity index (χ2n) is 33.3. The summed E-state index contributed by atoms with van der Waals surface area (Å²) < 4.78 is 96.4. The molecule has 12 aliphatic rings. The minimum Gasteiger partial charge on any atom is -0.368 e. The number of nitrogens with zero attached hydrogens (tertiary/aromatic N) is 8. The first-order valence-corrected chi connectivity index (χ1v) is 47.6. The fourth-order valence-electron chi connectivity index (χ4n) is 20.6. The van der Waals surface area contributed by atoms with E-state index in [9.17, 15) is 33.7 Å². The molecule has 4 aromatic rings. The van der Waals surface area contributed by atoms with Gasteiger partial charge in [0.15, 0.2) is 39.3 Å². The Morgan fingerprint density at radius 1 is 0.337 bits per heavy atom. The second-order valence-corrected chi connectivity index (χ2v) is 42.9. The summed E-state index contributed by atoms with van der Waals surface area (Å²) in [6.07, 6.45) is 34.3. The van der Waals surface area contributed by atoms with Gasteiger partial charge in [-0.25, -0.2) is 33.7 Å². The molecule has 0 amide bonds. The molecule has 0 aromatic heterocycles. The number of halogens is 4. The first-order chi connectivity index (χ1) is 49.3. The molecule has 104 heavy (non-hydrogen) atoms. The molecule has 8 aliphatic carbocycles. The summed E-state index contributed by atoms with van der Waals surface area (Å²) in [7, 11) is -13.0. The lowest BCUT2D eigenvalue weighted by Crippen LogP contribution is -2.53. The highest BCUT2D eigenvalue weighted by molar-refractivity contribution is 7.91. The van der Waals surface area contributed by atoms with Crippen molar-refractivity contribution in [3.05, 3.63) is 115 Å². The average molecular weight is 1580 g/mol. The molecule has 16 rings (SSSR count). The Morgan fingerprint density at radius 2 is 0.654 bits per heavy atom. The number of hydrogen-bond acceptors (Lipinski definition) is 16. The Balaban J connectivity index is 0.000000123. The van der Waals surface area contributed by atoms with E-state index in [1.165, 1.54) is 128 Å². The maximum atomic E-state index is 12.1. The molecule has 16 nitrogen and oxygen atoms in total. The molecular weight excluding hydrogens is 1470 g/mol. The van der Waals surface area contributed by atoms with Gasteiger partial charge in [0.2, 0.25) is 0 Å². The van der Waals surface area contributed by atoms with Crippen molar-refractivity contribution in [2.45, 2.75) is 149 Å². The van der Waals surface area contributed by atoms with Gasteiger partial charge in [0.1, 0.15) is 0 Å². The first kappa shape index (κ1) is 78.5. The number of hydrogen-bond donors (Lipinski definition) is 0. The summed E-state index contributed by atoms with van der Waals surface area (Å²) >= 11 is 25.8. The van der Waals surface area contributed by atoms with Crippen LogP contribution in [-0.4, -0.2) is 208 Å². The number of rotatable bonds is 14. The molecule has 0 radical (unpaired) electrons. The van der Waals surface area contributed by atoms with Crippen LogP contribution in [0.1, 0.15) is 112 Å². The van der Waals surface area contributed by atoms with Gasteiger partial charge in [-0.15, -0.1) is 0 Å². The van der Waals surface area contributed by atoms with Gasteiger partial charge in [-0.2, -0.15) is 0 Å². The molecule has 24 heteroatoms. The zero-order chi connectivity index (χ0) is 73.9. The van der Waals surface area contributed by atoms with E-state index in [1.807, 2.05) is 6.92 Å². The zero-order valence-electron chi connectivity index (χ0n) is 62.5. The summed E-state index contributed by atoms with van der Waals surface area (Å²) in [5, 5.41) is 2.59. The maximum Gasteiger partial charge on any atom is 0.175 e. The van der Waals surface area contributed by atoms with E-state index in [1.54, 1.807) is 69.3 Å². The van der Waals surface area contributed by atoms with Gasteiger partial charge in [-0.1, -0.05) is 90.0 Å². The molecule has 10 fully saturated rings. The Labute approximate surface area is 642 Å². The van der Waals surface area contributed by atoms with Crippen molar-refractivity contribution < 1.29 is 33.7 Å². The molecule has 0 spiro atoms. The highest BCUT2D eigenvalue weighted by Gasteiger charge is 2.42. The molecule has 4 heterocycles. The van der Waals surface area contributed by atoms with E-state index < -0.39 is 39.3 Å². The van der Waals surface area contributed by atoms with Crippen molar-refractivity contribution >= 4 is 109 Å². The number of fused-ring (bicyclic) bond motifs is 8. The number of allylic oxidation sites excluding steroid dienone is 4. The van der Waals surface area contributed by atoms with Crippen LogP contribution in [0.15, 0.2) is 92.4 Å². The lowest BCUT2D eigenvalue weighted by molar-refractivity contribution is 0.103. The van der Waals surface area contributed by atoms with Crippen LogP contribution in [0.5, 0.6) is 0 Å². The molecule has 572 valence electrons. The Hall–Kier alpha value is -3.64. The normalized spacial score (nSPS) is 29.4. The van der Waals surface area contributed by atoms with E-state index in [0.717, 1.165) is 210 Å². The Kier molecular flexibility index (Phi) is 24.4. The van der Waals surface area contributed by atoms with E-state index in [4.69, 9.17) is 46.4 Å². The van der Waals surface area contributed by atoms with Crippen LogP contribution in [0.4, 0.5) is 22.7 Å². The van der Waals surface area contributed by atoms with Gasteiger partial charge in [0, 0.05) is 155 Å². The molecule has 4 aliphatic heterocycles. The Morgan fingerprint density at radius 3 is 0.971 bits per heavy atom. The maximum absolute atomic E-state index is 12.1. The van der Waals surface area contributed by atoms with Crippen molar-refractivity contribution in [3.8, 4) is 0 Å². The largest absolute Gasteiger partial charge is 0.368 e. The number of anilines is 4. The van der Waals surface area contributed by atoms with Crippen LogP contribution in [0.2, 0.25) is 20.1 Å². The van der Waals surface area contributed by atoms with Crippen molar-refractivity contribution in [1.29, 1.82) is 0 Å². The smallest absolute Gasteiger partial charge is 0.175 e. The fourth-order valence-corrected chi connectivity index (χ4v) is 25.8. The average Bonchev–Trinajstić information content (AvgIpc) is 1.26. The van der Waals surface area contributed by atoms with E-state index in [-0.39, 0.29) is 0 Å². The molecule has 5 unspecified atom stereocenters. The molecule has 4 aromatic carbocycles. The van der Waals surface area contributed by atoms with Gasteiger partial charge < -0.3 is 19.6 Å². The van der Waals surface area contributed by atoms with Crippen molar-refractivity contribution in [2.75, 3.05) is 162 Å². The fraction of sp³-hybridized carbons (Fsp3) is 0.650. The highest BCUT2D eigenvalue weighted by atomic mass is 35.5. The third kappa shape index (κ3) is 18.4. The van der Waals surface area contributed by atoms with Crippen LogP contribution in [0.3, 0.4) is 0 Å². The predicted molar refractivity (Wildman–Crippen MR) is 427 cm³/mol. The number of sulfone groups is 4. The topological polar surface area (TPSA) is 162 Å². The molecular formula is C80H112Cl4N8O8S4. The van der Waals surface area contributed by atoms with Gasteiger partial charge in [0.05, 0.1) is 62.4 Å². The number of aryl methyl sites for hydroxylation is 4. The first-order valence-electron chi connectivity index (χ1n) is 38.6. The summed E-state index contributed by atoms with van der Waals surface area (Å²) in [6, 6.07) is 15.7. The molecule has 8 bridgehead atoms. The van der Waals surface area contributed by atoms with Crippen LogP contribution in [0.25, 0.3) is 0 Å². The van der Waals surface area contributed by atoms with Gasteiger partial charge >= 0.3 is 0 Å². The van der Waals surface area contributed by atoms with Crippen LogP contribution in [0, 0.1) is 86.9 Å². The zero-order valence-corrected chi connectivity index (χ0v) is 68.8.